The van der Waals surface area contributed by atoms with Crippen molar-refractivity contribution in [1.29, 1.82) is 0 Å². The summed E-state index contributed by atoms with van der Waals surface area (Å²) in [5.41, 5.74) is 1.76. The Balaban J connectivity index is 1.46. The summed E-state index contributed by atoms with van der Waals surface area (Å²) in [5, 5.41) is 2.44. The average Bonchev–Trinajstić information content (AvgIpc) is 3.58. The first kappa shape index (κ1) is 28.6. The average molecular weight is 590 g/mol. The highest BCUT2D eigenvalue weighted by atomic mass is 35.5. The van der Waals surface area contributed by atoms with Gasteiger partial charge in [-0.05, 0) is 67.3 Å². The van der Waals surface area contributed by atoms with Crippen molar-refractivity contribution >= 4 is 44.8 Å². The Labute approximate surface area is 236 Å². The zero-order chi connectivity index (χ0) is 28.0. The van der Waals surface area contributed by atoms with E-state index in [9.17, 15) is 13.2 Å². The van der Waals surface area contributed by atoms with Gasteiger partial charge in [0.15, 0.2) is 0 Å². The molecule has 0 saturated heterocycles. The molecule has 0 aliphatic heterocycles. The molecule has 206 valence electrons. The summed E-state index contributed by atoms with van der Waals surface area (Å²) in [6.07, 6.45) is 0. The summed E-state index contributed by atoms with van der Waals surface area (Å²) in [6, 6.07) is 17.2. The number of halogens is 1. The first-order valence-corrected chi connectivity index (χ1v) is 14.7. The Morgan fingerprint density at radius 3 is 2.46 bits per heavy atom. The molecule has 0 aliphatic carbocycles. The molecule has 0 aliphatic rings. The third-order valence-corrected chi connectivity index (χ3v) is 8.68. The molecule has 4 rings (SSSR count). The minimum Gasteiger partial charge on any atom is -0.487 e. The van der Waals surface area contributed by atoms with Crippen LogP contribution in [0.1, 0.15) is 23.9 Å². The number of nitrogens with zero attached hydrogens (tertiary/aromatic N) is 3. The number of ether oxygens (including phenoxy) is 2. The second-order valence-corrected chi connectivity index (χ2v) is 11.8. The lowest BCUT2D eigenvalue weighted by Crippen LogP contribution is -2.44. The molecule has 0 spiro atoms. The zero-order valence-corrected chi connectivity index (χ0v) is 24.1. The molecule has 0 radical (unpaired) electrons. The van der Waals surface area contributed by atoms with E-state index >= 15 is 0 Å². The third kappa shape index (κ3) is 7.18. The van der Waals surface area contributed by atoms with Crippen molar-refractivity contribution in [3.63, 3.8) is 0 Å². The van der Waals surface area contributed by atoms with Crippen LogP contribution < -0.4 is 9.04 Å². The van der Waals surface area contributed by atoms with E-state index in [4.69, 9.17) is 25.5 Å². The zero-order valence-electron chi connectivity index (χ0n) is 21.7. The topological polar surface area (TPSA) is 102 Å². The number of anilines is 1. The van der Waals surface area contributed by atoms with Crippen molar-refractivity contribution in [3.8, 4) is 16.5 Å². The van der Waals surface area contributed by atoms with Crippen LogP contribution in [0.25, 0.3) is 10.8 Å². The predicted molar refractivity (Wildman–Crippen MR) is 151 cm³/mol. The highest BCUT2D eigenvalue weighted by Crippen LogP contribution is 2.27. The van der Waals surface area contributed by atoms with E-state index in [2.05, 4.69) is 4.98 Å². The van der Waals surface area contributed by atoms with E-state index in [0.717, 1.165) is 13.5 Å². The number of oxazole rings is 1. The first-order chi connectivity index (χ1) is 18.7. The van der Waals surface area contributed by atoms with Crippen molar-refractivity contribution in [2.45, 2.75) is 27.0 Å². The van der Waals surface area contributed by atoms with E-state index in [-0.39, 0.29) is 19.8 Å². The monoisotopic (exact) mass is 589 g/mol. The van der Waals surface area contributed by atoms with Crippen LogP contribution in [0.15, 0.2) is 70.5 Å². The van der Waals surface area contributed by atoms with Gasteiger partial charge in [-0.2, -0.15) is 12.7 Å². The van der Waals surface area contributed by atoms with E-state index in [1.165, 1.54) is 7.05 Å². The molecule has 4 aromatic rings. The summed E-state index contributed by atoms with van der Waals surface area (Å²) in [5.74, 6) is 1.18. The molecule has 0 unspecified atom stereocenters. The Morgan fingerprint density at radius 1 is 1.10 bits per heavy atom. The lowest BCUT2D eigenvalue weighted by atomic mass is 10.2. The standard InChI is InChI=1S/C27H28ClN3O6S2/c1-4-35-26(32)17-31(39(33,34)30(3)22-11-9-21(28)10-12-22)16-20-7-13-23(14-8-20)36-18-24-19(2)37-27(29-24)25-6-5-15-38-25/h5-15H,4,16-18H2,1-3H3. The largest absolute Gasteiger partial charge is 0.487 e. The van der Waals surface area contributed by atoms with Gasteiger partial charge >= 0.3 is 16.2 Å². The van der Waals surface area contributed by atoms with E-state index < -0.39 is 22.7 Å². The van der Waals surface area contributed by atoms with Crippen LogP contribution >= 0.6 is 22.9 Å². The molecule has 2 aromatic heterocycles. The molecule has 2 aromatic carbocycles. The summed E-state index contributed by atoms with van der Waals surface area (Å²) in [4.78, 5) is 17.7. The minimum atomic E-state index is -4.08. The quantitative estimate of drug-likeness (QED) is 0.196. The van der Waals surface area contributed by atoms with E-state index in [1.807, 2.05) is 24.4 Å². The number of aromatic nitrogens is 1. The van der Waals surface area contributed by atoms with E-state index in [1.54, 1.807) is 66.8 Å². The highest BCUT2D eigenvalue weighted by Gasteiger charge is 2.30. The van der Waals surface area contributed by atoms with Crippen LogP contribution in [0.4, 0.5) is 5.69 Å². The molecule has 0 saturated carbocycles. The molecule has 0 fully saturated rings. The van der Waals surface area contributed by atoms with Crippen LogP contribution in [0.2, 0.25) is 5.02 Å². The fourth-order valence-electron chi connectivity index (χ4n) is 3.64. The van der Waals surface area contributed by atoms with Crippen molar-refractivity contribution in [2.75, 3.05) is 24.5 Å². The number of aryl methyl sites for hydroxylation is 1. The van der Waals surface area contributed by atoms with Crippen LogP contribution in [0.5, 0.6) is 5.75 Å². The second-order valence-electron chi connectivity index (χ2n) is 8.46. The Hall–Kier alpha value is -3.38. The van der Waals surface area contributed by atoms with Gasteiger partial charge in [0.25, 0.3) is 0 Å². The number of hydrogen-bond donors (Lipinski definition) is 0. The number of hydrogen-bond acceptors (Lipinski definition) is 8. The van der Waals surface area contributed by atoms with Crippen molar-refractivity contribution in [2.24, 2.45) is 0 Å². The number of carbonyl (C=O) groups excluding carboxylic acids is 1. The molecule has 0 N–H and O–H groups in total. The second kappa shape index (κ2) is 12.6. The number of carbonyl (C=O) groups is 1. The smallest absolute Gasteiger partial charge is 0.321 e. The molecular formula is C27H28ClN3O6S2. The summed E-state index contributed by atoms with van der Waals surface area (Å²) >= 11 is 7.49. The molecule has 12 heteroatoms. The SMILES string of the molecule is CCOC(=O)CN(Cc1ccc(OCc2nc(-c3cccs3)oc2C)cc1)S(=O)(=O)N(C)c1ccc(Cl)cc1. The van der Waals surface area contributed by atoms with Gasteiger partial charge in [0.1, 0.15) is 30.4 Å². The first-order valence-electron chi connectivity index (χ1n) is 12.0. The summed E-state index contributed by atoms with van der Waals surface area (Å²) < 4.78 is 45.8. The number of benzene rings is 2. The van der Waals surface area contributed by atoms with Gasteiger partial charge in [-0.1, -0.05) is 29.8 Å². The van der Waals surface area contributed by atoms with Crippen LogP contribution in [-0.4, -0.2) is 43.9 Å². The van der Waals surface area contributed by atoms with Gasteiger partial charge in [-0.3, -0.25) is 9.10 Å². The Morgan fingerprint density at radius 2 is 1.82 bits per heavy atom. The lowest BCUT2D eigenvalue weighted by Gasteiger charge is -2.28. The van der Waals surface area contributed by atoms with Gasteiger partial charge in [-0.15, -0.1) is 11.3 Å². The maximum Gasteiger partial charge on any atom is 0.321 e. The van der Waals surface area contributed by atoms with Gasteiger partial charge in [0.05, 0.1) is 17.2 Å². The molecule has 0 bridgehead atoms. The van der Waals surface area contributed by atoms with Gasteiger partial charge in [0.2, 0.25) is 5.89 Å². The molecule has 9 nitrogen and oxygen atoms in total. The van der Waals surface area contributed by atoms with Gasteiger partial charge in [0, 0.05) is 18.6 Å². The number of thiophene rings is 1. The maximum absolute atomic E-state index is 13.5. The minimum absolute atomic E-state index is 0.0497. The number of esters is 1. The normalized spacial score (nSPS) is 11.5. The van der Waals surface area contributed by atoms with Crippen LogP contribution in [0.3, 0.4) is 0 Å². The van der Waals surface area contributed by atoms with Crippen LogP contribution in [-0.2, 0) is 32.9 Å². The van der Waals surface area contributed by atoms with Crippen LogP contribution in [0, 0.1) is 6.92 Å². The van der Waals surface area contributed by atoms with Crippen molar-refractivity contribution in [1.82, 2.24) is 9.29 Å². The summed E-state index contributed by atoms with van der Waals surface area (Å²) in [7, 11) is -2.66. The Kier molecular flexibility index (Phi) is 9.28. The molecule has 0 amide bonds. The molecule has 0 atom stereocenters. The number of rotatable bonds is 12. The lowest BCUT2D eigenvalue weighted by molar-refractivity contribution is -0.143. The van der Waals surface area contributed by atoms with E-state index in [0.29, 0.717) is 39.4 Å². The predicted octanol–water partition coefficient (Wildman–Crippen LogP) is 5.69. The third-order valence-electron chi connectivity index (χ3n) is 5.76. The van der Waals surface area contributed by atoms with Crippen molar-refractivity contribution in [3.05, 3.63) is 88.1 Å². The van der Waals surface area contributed by atoms with Gasteiger partial charge in [-0.25, -0.2) is 4.98 Å². The fraction of sp³-hybridized carbons (Fsp3) is 0.259. The Bertz CT molecular complexity index is 1490. The molecular weight excluding hydrogens is 562 g/mol. The van der Waals surface area contributed by atoms with Gasteiger partial charge < -0.3 is 13.9 Å². The molecule has 39 heavy (non-hydrogen) atoms. The molecule has 2 heterocycles. The van der Waals surface area contributed by atoms with Crippen molar-refractivity contribution < 1.29 is 27.1 Å². The summed E-state index contributed by atoms with van der Waals surface area (Å²) in [6.45, 7) is 3.38. The highest BCUT2D eigenvalue weighted by molar-refractivity contribution is 7.90. The maximum atomic E-state index is 13.5. The fourth-order valence-corrected chi connectivity index (χ4v) is 5.73.